The van der Waals surface area contributed by atoms with E-state index in [1.165, 1.54) is 11.8 Å². The van der Waals surface area contributed by atoms with E-state index in [1.807, 2.05) is 0 Å². The zero-order valence-corrected chi connectivity index (χ0v) is 9.72. The van der Waals surface area contributed by atoms with Crippen LogP contribution in [-0.4, -0.2) is 27.3 Å². The number of halogens is 1. The number of anilines is 1. The first-order valence-electron chi connectivity index (χ1n) is 3.62. The zero-order chi connectivity index (χ0) is 10.7. The Balaban J connectivity index is 3.13. The van der Waals surface area contributed by atoms with Gasteiger partial charge in [-0.05, 0) is 22.2 Å². The second kappa shape index (κ2) is 4.61. The Morgan fingerprint density at radius 2 is 2.29 bits per heavy atom. The molecule has 0 atom stereocenters. The number of nitrogen functional groups attached to an aromatic ring is 1. The maximum Gasteiger partial charge on any atom is 0.309 e. The molecule has 0 radical (unpaired) electrons. The largest absolute Gasteiger partial charge is 0.481 e. The number of nitrogens with zero attached hydrogens (tertiary/aromatic N) is 2. The molecule has 0 spiro atoms. The molecule has 0 saturated carbocycles. The first-order valence-corrected chi connectivity index (χ1v) is 5.64. The quantitative estimate of drug-likeness (QED) is 0.637. The SMILES string of the molecule is CSc1nc(N)c(Br)c(CC(=O)O)n1. The van der Waals surface area contributed by atoms with Crippen molar-refractivity contribution in [3.05, 3.63) is 10.2 Å². The number of carboxylic acids is 1. The Bertz CT molecular complexity index is 372. The van der Waals surface area contributed by atoms with Gasteiger partial charge in [0.25, 0.3) is 0 Å². The molecule has 76 valence electrons. The topological polar surface area (TPSA) is 89.1 Å². The molecule has 0 fully saturated rings. The second-order valence-electron chi connectivity index (χ2n) is 2.43. The van der Waals surface area contributed by atoms with Crippen LogP contribution in [0.4, 0.5) is 5.82 Å². The summed E-state index contributed by atoms with van der Waals surface area (Å²) in [5.41, 5.74) is 5.97. The van der Waals surface area contributed by atoms with Gasteiger partial charge >= 0.3 is 5.97 Å². The van der Waals surface area contributed by atoms with Gasteiger partial charge in [-0.15, -0.1) is 0 Å². The number of aromatic nitrogens is 2. The number of hydrogen-bond acceptors (Lipinski definition) is 5. The van der Waals surface area contributed by atoms with Gasteiger partial charge in [-0.3, -0.25) is 4.79 Å². The van der Waals surface area contributed by atoms with Crippen LogP contribution < -0.4 is 5.73 Å². The molecule has 1 aromatic rings. The molecule has 1 heterocycles. The number of carboxylic acid groups (broad SMARTS) is 1. The van der Waals surface area contributed by atoms with Gasteiger partial charge in [0.2, 0.25) is 0 Å². The average molecular weight is 278 g/mol. The summed E-state index contributed by atoms with van der Waals surface area (Å²) in [5.74, 6) is -0.684. The van der Waals surface area contributed by atoms with Crippen molar-refractivity contribution in [3.63, 3.8) is 0 Å². The molecule has 3 N–H and O–H groups in total. The number of carbonyl (C=O) groups is 1. The summed E-state index contributed by atoms with van der Waals surface area (Å²) in [5, 5.41) is 9.09. The molecule has 1 aromatic heterocycles. The number of hydrogen-bond donors (Lipinski definition) is 2. The monoisotopic (exact) mass is 277 g/mol. The van der Waals surface area contributed by atoms with E-state index in [0.717, 1.165) is 0 Å². The van der Waals surface area contributed by atoms with Gasteiger partial charge in [0.15, 0.2) is 5.16 Å². The van der Waals surface area contributed by atoms with Gasteiger partial charge in [0, 0.05) is 0 Å². The molecule has 1 rings (SSSR count). The fraction of sp³-hybridized carbons (Fsp3) is 0.286. The van der Waals surface area contributed by atoms with Crippen LogP contribution in [0, 0.1) is 0 Å². The molecule has 0 aromatic carbocycles. The molecule has 0 aliphatic carbocycles. The minimum absolute atomic E-state index is 0.166. The van der Waals surface area contributed by atoms with E-state index >= 15 is 0 Å². The number of rotatable bonds is 3. The molecule has 0 aliphatic rings. The Kier molecular flexibility index (Phi) is 3.70. The van der Waals surface area contributed by atoms with Crippen molar-refractivity contribution in [2.24, 2.45) is 0 Å². The van der Waals surface area contributed by atoms with Gasteiger partial charge < -0.3 is 10.8 Å². The summed E-state index contributed by atoms with van der Waals surface area (Å²) in [4.78, 5) is 18.5. The first-order chi connectivity index (χ1) is 6.54. The minimum atomic E-state index is -0.948. The van der Waals surface area contributed by atoms with Crippen LogP contribution in [0.15, 0.2) is 9.63 Å². The van der Waals surface area contributed by atoms with E-state index in [-0.39, 0.29) is 12.2 Å². The predicted octanol–water partition coefficient (Wildman–Crippen LogP) is 1.17. The zero-order valence-electron chi connectivity index (χ0n) is 7.32. The normalized spacial score (nSPS) is 10.1. The standard InChI is InChI=1S/C7H8BrN3O2S/c1-14-7-10-3(2-4(12)13)5(8)6(9)11-7/h2H2,1H3,(H,12,13)(H2,9,10,11). The molecule has 0 unspecified atom stereocenters. The summed E-state index contributed by atoms with van der Waals surface area (Å²) in [6.45, 7) is 0. The highest BCUT2D eigenvalue weighted by molar-refractivity contribution is 9.10. The second-order valence-corrected chi connectivity index (χ2v) is 3.99. The van der Waals surface area contributed by atoms with E-state index in [4.69, 9.17) is 10.8 Å². The summed E-state index contributed by atoms with van der Waals surface area (Å²) in [7, 11) is 0. The van der Waals surface area contributed by atoms with Crippen molar-refractivity contribution in [1.82, 2.24) is 9.97 Å². The van der Waals surface area contributed by atoms with E-state index in [9.17, 15) is 4.79 Å². The lowest BCUT2D eigenvalue weighted by atomic mass is 10.3. The third-order valence-corrected chi connectivity index (χ3v) is 2.84. The fourth-order valence-corrected chi connectivity index (χ4v) is 1.55. The van der Waals surface area contributed by atoms with Crippen molar-refractivity contribution in [1.29, 1.82) is 0 Å². The molecule has 7 heteroatoms. The Hall–Kier alpha value is -0.820. The Morgan fingerprint density at radius 1 is 1.64 bits per heavy atom. The van der Waals surface area contributed by atoms with Gasteiger partial charge in [-0.1, -0.05) is 11.8 Å². The van der Waals surface area contributed by atoms with Crippen molar-refractivity contribution >= 4 is 39.5 Å². The molecular formula is C7H8BrN3O2S. The lowest BCUT2D eigenvalue weighted by Crippen LogP contribution is -2.07. The number of aliphatic carboxylic acids is 1. The van der Waals surface area contributed by atoms with Crippen molar-refractivity contribution in [2.75, 3.05) is 12.0 Å². The van der Waals surface area contributed by atoms with Gasteiger partial charge in [-0.25, -0.2) is 9.97 Å². The van der Waals surface area contributed by atoms with Crippen LogP contribution in [0.2, 0.25) is 0 Å². The van der Waals surface area contributed by atoms with Crippen molar-refractivity contribution in [3.8, 4) is 0 Å². The molecule has 0 bridgehead atoms. The summed E-state index contributed by atoms with van der Waals surface area (Å²) >= 11 is 4.47. The molecular weight excluding hydrogens is 270 g/mol. The van der Waals surface area contributed by atoms with E-state index < -0.39 is 5.97 Å². The van der Waals surface area contributed by atoms with Crippen LogP contribution in [-0.2, 0) is 11.2 Å². The third-order valence-electron chi connectivity index (χ3n) is 1.43. The maximum atomic E-state index is 10.5. The van der Waals surface area contributed by atoms with Crippen LogP contribution >= 0.6 is 27.7 Å². The van der Waals surface area contributed by atoms with E-state index in [2.05, 4.69) is 25.9 Å². The Labute approximate surface area is 93.3 Å². The van der Waals surface area contributed by atoms with Crippen LogP contribution in [0.3, 0.4) is 0 Å². The van der Waals surface area contributed by atoms with Gasteiger partial charge in [-0.2, -0.15) is 0 Å². The first kappa shape index (κ1) is 11.3. The van der Waals surface area contributed by atoms with Gasteiger partial charge in [0.1, 0.15) is 5.82 Å². The Morgan fingerprint density at radius 3 is 2.79 bits per heavy atom. The average Bonchev–Trinajstić information content (AvgIpc) is 2.11. The highest BCUT2D eigenvalue weighted by atomic mass is 79.9. The lowest BCUT2D eigenvalue weighted by molar-refractivity contribution is -0.136. The molecule has 0 saturated heterocycles. The molecule has 0 amide bonds. The highest BCUT2D eigenvalue weighted by Gasteiger charge is 2.12. The predicted molar refractivity (Wildman–Crippen MR) is 57.3 cm³/mol. The fourth-order valence-electron chi connectivity index (χ4n) is 0.841. The number of nitrogens with two attached hydrogens (primary N) is 1. The van der Waals surface area contributed by atoms with Crippen molar-refractivity contribution < 1.29 is 9.90 Å². The van der Waals surface area contributed by atoms with Crippen LogP contribution in [0.25, 0.3) is 0 Å². The lowest BCUT2D eigenvalue weighted by Gasteiger charge is -2.05. The molecule has 14 heavy (non-hydrogen) atoms. The minimum Gasteiger partial charge on any atom is -0.481 e. The summed E-state index contributed by atoms with van der Waals surface area (Å²) < 4.78 is 0.456. The van der Waals surface area contributed by atoms with Crippen LogP contribution in [0.5, 0.6) is 0 Å². The molecule has 0 aliphatic heterocycles. The summed E-state index contributed by atoms with van der Waals surface area (Å²) in [6.07, 6.45) is 1.63. The van der Waals surface area contributed by atoms with E-state index in [1.54, 1.807) is 6.26 Å². The highest BCUT2D eigenvalue weighted by Crippen LogP contribution is 2.24. The van der Waals surface area contributed by atoms with Crippen molar-refractivity contribution in [2.45, 2.75) is 11.6 Å². The summed E-state index contributed by atoms with van der Waals surface area (Å²) in [6, 6.07) is 0. The smallest absolute Gasteiger partial charge is 0.309 e. The maximum absolute atomic E-state index is 10.5. The van der Waals surface area contributed by atoms with Gasteiger partial charge in [0.05, 0.1) is 16.6 Å². The van der Waals surface area contributed by atoms with E-state index in [0.29, 0.717) is 15.3 Å². The number of thioether (sulfide) groups is 1. The van der Waals surface area contributed by atoms with Crippen LogP contribution in [0.1, 0.15) is 5.69 Å². The third kappa shape index (κ3) is 2.58. The molecule has 5 nitrogen and oxygen atoms in total.